The van der Waals surface area contributed by atoms with Crippen LogP contribution in [0, 0.1) is 19.3 Å². The second-order valence-electron chi connectivity index (χ2n) is 5.85. The number of nitrogens with zero attached hydrogens (tertiary/aromatic N) is 2. The van der Waals surface area contributed by atoms with Gasteiger partial charge in [-0.05, 0) is 45.2 Å². The van der Waals surface area contributed by atoms with Crippen molar-refractivity contribution >= 4 is 11.9 Å². The normalized spacial score (nSPS) is 22.1. The van der Waals surface area contributed by atoms with E-state index in [1.807, 2.05) is 26.8 Å². The Morgan fingerprint density at radius 1 is 1.38 bits per heavy atom. The first-order valence-electron chi connectivity index (χ1n) is 7.36. The molecule has 5 heteroatoms. The van der Waals surface area contributed by atoms with E-state index in [1.54, 1.807) is 11.0 Å². The molecule has 1 unspecified atom stereocenters. The Bertz CT molecular complexity index is 571. The number of aromatic nitrogens is 1. The van der Waals surface area contributed by atoms with Crippen molar-refractivity contribution in [3.8, 4) is 0 Å². The molecule has 1 atom stereocenters. The molecule has 1 amide bonds. The number of carboxylic acid groups (broad SMARTS) is 1. The zero-order chi connectivity index (χ0) is 15.6. The Balaban J connectivity index is 2.25. The van der Waals surface area contributed by atoms with E-state index in [4.69, 9.17) is 0 Å². The van der Waals surface area contributed by atoms with Gasteiger partial charge in [-0.1, -0.05) is 6.92 Å². The van der Waals surface area contributed by atoms with Crippen molar-refractivity contribution in [2.45, 2.75) is 40.0 Å². The second-order valence-corrected chi connectivity index (χ2v) is 5.85. The van der Waals surface area contributed by atoms with Crippen molar-refractivity contribution in [1.29, 1.82) is 0 Å². The summed E-state index contributed by atoms with van der Waals surface area (Å²) >= 11 is 0. The van der Waals surface area contributed by atoms with Gasteiger partial charge in [-0.25, -0.2) is 0 Å². The van der Waals surface area contributed by atoms with Gasteiger partial charge in [0.25, 0.3) is 5.91 Å². The molecular formula is C16H22N2O3. The van der Waals surface area contributed by atoms with Crippen LogP contribution in [0.1, 0.15) is 47.9 Å². The van der Waals surface area contributed by atoms with E-state index >= 15 is 0 Å². The molecule has 0 aromatic carbocycles. The molecule has 2 rings (SSSR count). The van der Waals surface area contributed by atoms with E-state index in [-0.39, 0.29) is 12.5 Å². The highest BCUT2D eigenvalue weighted by Crippen LogP contribution is 2.34. The van der Waals surface area contributed by atoms with Crippen LogP contribution in [0.25, 0.3) is 0 Å². The van der Waals surface area contributed by atoms with Crippen LogP contribution in [0.5, 0.6) is 0 Å². The first-order chi connectivity index (χ1) is 9.89. The number of likely N-dealkylation sites (tertiary alicyclic amines) is 1. The molecule has 2 heterocycles. The summed E-state index contributed by atoms with van der Waals surface area (Å²) in [5, 5.41) is 9.50. The second kappa shape index (κ2) is 5.84. The van der Waals surface area contributed by atoms with Crippen LogP contribution >= 0.6 is 0 Å². The third kappa shape index (κ3) is 2.91. The standard InChI is InChI=1S/C16H22N2O3/c1-4-16(15(20)21)8-5-9-18(10-16)14(19)13-7-6-11(2)17-12(13)3/h6-7H,4-5,8-10H2,1-3H3,(H,20,21). The zero-order valence-electron chi connectivity index (χ0n) is 12.8. The van der Waals surface area contributed by atoms with Gasteiger partial charge < -0.3 is 10.0 Å². The summed E-state index contributed by atoms with van der Waals surface area (Å²) in [5.74, 6) is -0.917. The van der Waals surface area contributed by atoms with Crippen LogP contribution in [0.4, 0.5) is 0 Å². The molecule has 1 aliphatic heterocycles. The van der Waals surface area contributed by atoms with E-state index in [9.17, 15) is 14.7 Å². The molecule has 0 spiro atoms. The molecule has 1 aliphatic rings. The lowest BCUT2D eigenvalue weighted by Crippen LogP contribution is -2.49. The summed E-state index contributed by atoms with van der Waals surface area (Å²) in [6.45, 7) is 6.47. The lowest BCUT2D eigenvalue weighted by Gasteiger charge is -2.39. The third-order valence-electron chi connectivity index (χ3n) is 4.45. The number of amides is 1. The molecule has 1 saturated heterocycles. The van der Waals surface area contributed by atoms with E-state index < -0.39 is 11.4 Å². The molecule has 1 aromatic rings. The molecule has 0 bridgehead atoms. The number of hydrogen-bond donors (Lipinski definition) is 1. The van der Waals surface area contributed by atoms with Crippen LogP contribution in [0.15, 0.2) is 12.1 Å². The van der Waals surface area contributed by atoms with Crippen LogP contribution in [-0.2, 0) is 4.79 Å². The van der Waals surface area contributed by atoms with Crippen LogP contribution in [0.3, 0.4) is 0 Å². The summed E-state index contributed by atoms with van der Waals surface area (Å²) in [6.07, 6.45) is 1.90. The quantitative estimate of drug-likeness (QED) is 0.928. The SMILES string of the molecule is CCC1(C(=O)O)CCCN(C(=O)c2ccc(C)nc2C)C1. The van der Waals surface area contributed by atoms with Crippen molar-refractivity contribution in [3.63, 3.8) is 0 Å². The van der Waals surface area contributed by atoms with Gasteiger partial charge >= 0.3 is 5.97 Å². The number of carbonyl (C=O) groups is 2. The lowest BCUT2D eigenvalue weighted by atomic mass is 9.77. The number of pyridine rings is 1. The average molecular weight is 290 g/mol. The predicted molar refractivity (Wildman–Crippen MR) is 79.2 cm³/mol. The molecule has 1 fully saturated rings. The van der Waals surface area contributed by atoms with Crippen molar-refractivity contribution in [3.05, 3.63) is 29.1 Å². The summed E-state index contributed by atoms with van der Waals surface area (Å²) in [4.78, 5) is 30.2. The minimum Gasteiger partial charge on any atom is -0.481 e. The van der Waals surface area contributed by atoms with Crippen molar-refractivity contribution in [2.75, 3.05) is 13.1 Å². The topological polar surface area (TPSA) is 70.5 Å². The maximum atomic E-state index is 12.7. The predicted octanol–water partition coefficient (Wildman–Crippen LogP) is 2.42. The number of rotatable bonds is 3. The highest BCUT2D eigenvalue weighted by molar-refractivity contribution is 5.95. The molecule has 0 saturated carbocycles. The number of aliphatic carboxylic acids is 1. The molecule has 1 N–H and O–H groups in total. The minimum absolute atomic E-state index is 0.112. The first kappa shape index (κ1) is 15.5. The number of piperidine rings is 1. The summed E-state index contributed by atoms with van der Waals surface area (Å²) in [7, 11) is 0. The lowest BCUT2D eigenvalue weighted by molar-refractivity contribution is -0.152. The van der Waals surface area contributed by atoms with E-state index in [1.165, 1.54) is 0 Å². The number of hydrogen-bond acceptors (Lipinski definition) is 3. The molecule has 0 radical (unpaired) electrons. The maximum absolute atomic E-state index is 12.7. The molecule has 5 nitrogen and oxygen atoms in total. The van der Waals surface area contributed by atoms with Crippen LogP contribution in [0.2, 0.25) is 0 Å². The Kier molecular flexibility index (Phi) is 4.30. The Hall–Kier alpha value is -1.91. The number of carbonyl (C=O) groups excluding carboxylic acids is 1. The average Bonchev–Trinajstić information content (AvgIpc) is 2.46. The number of aryl methyl sites for hydroxylation is 2. The zero-order valence-corrected chi connectivity index (χ0v) is 12.8. The van der Waals surface area contributed by atoms with Gasteiger partial charge in [0.1, 0.15) is 0 Å². The van der Waals surface area contributed by atoms with Gasteiger partial charge in [0.2, 0.25) is 0 Å². The molecule has 21 heavy (non-hydrogen) atoms. The fourth-order valence-corrected chi connectivity index (χ4v) is 3.00. The summed E-state index contributed by atoms with van der Waals surface area (Å²) in [5.41, 5.74) is 1.33. The highest BCUT2D eigenvalue weighted by Gasteiger charge is 2.42. The van der Waals surface area contributed by atoms with Crippen molar-refractivity contribution < 1.29 is 14.7 Å². The summed E-state index contributed by atoms with van der Waals surface area (Å²) < 4.78 is 0. The van der Waals surface area contributed by atoms with Gasteiger partial charge in [-0.15, -0.1) is 0 Å². The first-order valence-corrected chi connectivity index (χ1v) is 7.36. The van der Waals surface area contributed by atoms with Gasteiger partial charge in [-0.3, -0.25) is 14.6 Å². The minimum atomic E-state index is -0.806. The molecule has 114 valence electrons. The van der Waals surface area contributed by atoms with E-state index in [0.29, 0.717) is 30.6 Å². The van der Waals surface area contributed by atoms with Gasteiger partial charge in [-0.2, -0.15) is 0 Å². The fraction of sp³-hybridized carbons (Fsp3) is 0.562. The number of carboxylic acids is 1. The Labute approximate surface area is 125 Å². The van der Waals surface area contributed by atoms with Gasteiger partial charge in [0.15, 0.2) is 0 Å². The van der Waals surface area contributed by atoms with Gasteiger partial charge in [0, 0.05) is 18.8 Å². The molecule has 0 aliphatic carbocycles. The third-order valence-corrected chi connectivity index (χ3v) is 4.45. The monoisotopic (exact) mass is 290 g/mol. The largest absolute Gasteiger partial charge is 0.481 e. The van der Waals surface area contributed by atoms with Crippen LogP contribution in [-0.4, -0.2) is 40.0 Å². The van der Waals surface area contributed by atoms with Gasteiger partial charge in [0.05, 0.1) is 16.7 Å². The molecular weight excluding hydrogens is 268 g/mol. The van der Waals surface area contributed by atoms with E-state index in [0.717, 1.165) is 12.1 Å². The Morgan fingerprint density at radius 3 is 2.67 bits per heavy atom. The van der Waals surface area contributed by atoms with Crippen LogP contribution < -0.4 is 0 Å². The highest BCUT2D eigenvalue weighted by atomic mass is 16.4. The maximum Gasteiger partial charge on any atom is 0.311 e. The van der Waals surface area contributed by atoms with Crippen molar-refractivity contribution in [2.24, 2.45) is 5.41 Å². The van der Waals surface area contributed by atoms with Crippen molar-refractivity contribution in [1.82, 2.24) is 9.88 Å². The van der Waals surface area contributed by atoms with E-state index in [2.05, 4.69) is 4.98 Å². The fourth-order valence-electron chi connectivity index (χ4n) is 3.00. The molecule has 1 aromatic heterocycles. The smallest absolute Gasteiger partial charge is 0.311 e. The Morgan fingerprint density at radius 2 is 2.10 bits per heavy atom. The summed E-state index contributed by atoms with van der Waals surface area (Å²) in [6, 6.07) is 3.59.